The number of nitrogens with zero attached hydrogens (tertiary/aromatic N) is 3. The molecule has 1 saturated heterocycles. The van der Waals surface area contributed by atoms with Crippen LogP contribution >= 0.6 is 0 Å². The van der Waals surface area contributed by atoms with E-state index >= 15 is 3.89 Å². The summed E-state index contributed by atoms with van der Waals surface area (Å²) in [6.07, 6.45) is 5.67. The van der Waals surface area contributed by atoms with Crippen LogP contribution in [-0.4, -0.2) is 68.7 Å². The lowest BCUT2D eigenvalue weighted by Crippen LogP contribution is -2.33. The van der Waals surface area contributed by atoms with Crippen LogP contribution in [0.4, 0.5) is 3.89 Å². The monoisotopic (exact) mass is 716 g/mol. The molecule has 51 heavy (non-hydrogen) atoms. The Morgan fingerprint density at radius 2 is 1.76 bits per heavy atom. The average Bonchev–Trinajstić information content (AvgIpc) is 3.51. The summed E-state index contributed by atoms with van der Waals surface area (Å²) in [6.45, 7) is 3.51. The molecule has 4 atom stereocenters. The molecule has 5 rings (SSSR count). The highest BCUT2D eigenvalue weighted by atomic mass is 32.3. The van der Waals surface area contributed by atoms with E-state index in [1.54, 1.807) is 19.1 Å². The van der Waals surface area contributed by atoms with Crippen molar-refractivity contribution < 1.29 is 27.4 Å². The molecule has 0 spiro atoms. The fourth-order valence-corrected chi connectivity index (χ4v) is 6.88. The number of hydrogen-bond donors (Lipinski definition) is 2. The van der Waals surface area contributed by atoms with Gasteiger partial charge in [0, 0.05) is 31.8 Å². The molecule has 1 aromatic heterocycles. The van der Waals surface area contributed by atoms with Crippen molar-refractivity contribution in [1.82, 2.24) is 13.9 Å². The zero-order chi connectivity index (χ0) is 36.5. The van der Waals surface area contributed by atoms with Gasteiger partial charge in [-0.2, -0.15) is 12.9 Å². The first-order valence-electron chi connectivity index (χ1n) is 16.5. The van der Waals surface area contributed by atoms with Crippen molar-refractivity contribution in [3.8, 4) is 23.8 Å². The van der Waals surface area contributed by atoms with Gasteiger partial charge in [0.25, 0.3) is 15.9 Å². The van der Waals surface area contributed by atoms with Crippen LogP contribution in [0.15, 0.2) is 99.0 Å². The van der Waals surface area contributed by atoms with Crippen LogP contribution in [0.25, 0.3) is 11.1 Å². The van der Waals surface area contributed by atoms with E-state index in [0.29, 0.717) is 5.75 Å². The van der Waals surface area contributed by atoms with Gasteiger partial charge in [-0.1, -0.05) is 67.4 Å². The zero-order valence-corrected chi connectivity index (χ0v) is 29.5. The summed E-state index contributed by atoms with van der Waals surface area (Å²) in [5.74, 6) is 3.06. The molecule has 4 aromatic rings. The predicted octanol–water partition coefficient (Wildman–Crippen LogP) is 5.50. The van der Waals surface area contributed by atoms with Crippen molar-refractivity contribution in [3.05, 3.63) is 128 Å². The van der Waals surface area contributed by atoms with Gasteiger partial charge in [0.05, 0.1) is 12.6 Å². The summed E-state index contributed by atoms with van der Waals surface area (Å²) in [6, 6.07) is 23.8. The summed E-state index contributed by atoms with van der Waals surface area (Å²) < 4.78 is 52.4. The lowest BCUT2D eigenvalue weighted by Gasteiger charge is -2.19. The Kier molecular flexibility index (Phi) is 12.3. The average molecular weight is 717 g/mol. The minimum absolute atomic E-state index is 0.0116. The molecule has 2 N–H and O–H groups in total. The Morgan fingerprint density at radius 1 is 1.10 bits per heavy atom. The minimum Gasteiger partial charge on any atom is -0.508 e. The van der Waals surface area contributed by atoms with Crippen molar-refractivity contribution in [3.63, 3.8) is 0 Å². The van der Waals surface area contributed by atoms with E-state index in [2.05, 4.69) is 34.3 Å². The molecule has 0 aliphatic carbocycles. The predicted molar refractivity (Wildman–Crippen MR) is 195 cm³/mol. The van der Waals surface area contributed by atoms with E-state index in [0.717, 1.165) is 38.6 Å². The normalized spacial score (nSPS) is 18.9. The molecule has 0 amide bonds. The molecule has 0 saturated carbocycles. The van der Waals surface area contributed by atoms with Gasteiger partial charge < -0.3 is 19.3 Å². The van der Waals surface area contributed by atoms with Crippen LogP contribution < -0.4 is 16.0 Å². The number of allylic oxidation sites excluding steroid dienone is 1. The fraction of sp³-hybridized carbons (Fsp3) is 0.316. The van der Waals surface area contributed by atoms with Crippen LogP contribution in [-0.2, 0) is 19.8 Å². The first kappa shape index (κ1) is 37.3. The Hall–Kier alpha value is -5.00. The summed E-state index contributed by atoms with van der Waals surface area (Å²) in [7, 11) is -3.06. The van der Waals surface area contributed by atoms with Crippen molar-refractivity contribution in [2.24, 2.45) is 4.36 Å². The first-order valence-corrected chi connectivity index (χ1v) is 17.8. The maximum atomic E-state index is 15.7. The quantitative estimate of drug-likeness (QED) is 0.0762. The van der Waals surface area contributed by atoms with Crippen LogP contribution in [0.5, 0.6) is 11.5 Å². The minimum atomic E-state index is -4.40. The molecule has 1 fully saturated rings. The number of hydrogen-bond acceptors (Lipinski definition) is 8. The Bertz CT molecular complexity index is 2120. The second-order valence-corrected chi connectivity index (χ2v) is 13.7. The molecule has 3 aromatic carbocycles. The largest absolute Gasteiger partial charge is 0.508 e. The second kappa shape index (κ2) is 16.8. The van der Waals surface area contributed by atoms with E-state index in [1.807, 2.05) is 54.6 Å². The van der Waals surface area contributed by atoms with Crippen molar-refractivity contribution in [2.45, 2.75) is 45.1 Å². The standard InChI is InChI=1S/C38H41FN4O7S/c1-5-21-48-25-34-33(23-35(50-34)43-24-26(3)37(45)40-38(43)46)41-51(39,47)42(4)20-22-49-31-18-14-29(15-19-31)36(28-12-16-30(44)17-13-28)32(6-2)27-10-8-7-9-11-27/h1,7-19,24,33-35,44H,6,20-23,25H2,2-4H3,(H,40,45,46)/b36-32-/t33-,34+,35+,51?/m0/s1. The highest BCUT2D eigenvalue weighted by molar-refractivity contribution is 7.86. The number of aromatic amines is 1. The van der Waals surface area contributed by atoms with Gasteiger partial charge in [-0.25, -0.2) is 4.79 Å². The van der Waals surface area contributed by atoms with Crippen molar-refractivity contribution >= 4 is 21.4 Å². The highest BCUT2D eigenvalue weighted by Gasteiger charge is 2.38. The Labute approximate surface area is 296 Å². The molecular formula is C38H41FN4O7S. The number of aromatic nitrogens is 2. The number of likely N-dealkylation sites (N-methyl/N-ethyl adjacent to an activating group) is 1. The van der Waals surface area contributed by atoms with Gasteiger partial charge in [0.15, 0.2) is 0 Å². The summed E-state index contributed by atoms with van der Waals surface area (Å²) in [4.78, 5) is 26.6. The van der Waals surface area contributed by atoms with Crippen molar-refractivity contribution in [2.75, 3.05) is 33.4 Å². The number of rotatable bonds is 14. The summed E-state index contributed by atoms with van der Waals surface area (Å²) in [5.41, 5.74) is 4.23. The van der Waals surface area contributed by atoms with E-state index in [4.69, 9.17) is 20.6 Å². The second-order valence-electron chi connectivity index (χ2n) is 12.0. The van der Waals surface area contributed by atoms with Crippen LogP contribution in [0, 0.1) is 19.3 Å². The van der Waals surface area contributed by atoms with E-state index in [-0.39, 0.29) is 44.1 Å². The summed E-state index contributed by atoms with van der Waals surface area (Å²) >= 11 is 0. The third kappa shape index (κ3) is 9.22. The number of halogens is 1. The van der Waals surface area contributed by atoms with Gasteiger partial charge >= 0.3 is 5.69 Å². The van der Waals surface area contributed by atoms with Gasteiger partial charge in [0.1, 0.15) is 37.0 Å². The third-order valence-corrected chi connectivity index (χ3v) is 10.0. The maximum Gasteiger partial charge on any atom is 0.330 e. The van der Waals surface area contributed by atoms with Gasteiger partial charge in [-0.15, -0.1) is 10.3 Å². The SMILES string of the molecule is C#CCOC[C@H]1O[C@@H](n2cc(C)c(=O)[nH]c2=O)C[C@@H]1N=S(=O)(F)N(C)CCOc1ccc(/C(=C(/CC)c2ccccc2)c2ccc(O)cc2)cc1. The maximum absolute atomic E-state index is 15.7. The van der Waals surface area contributed by atoms with Crippen LogP contribution in [0.1, 0.15) is 48.2 Å². The number of aromatic hydroxyl groups is 1. The fourth-order valence-electron chi connectivity index (χ4n) is 5.86. The molecular weight excluding hydrogens is 676 g/mol. The van der Waals surface area contributed by atoms with E-state index in [1.165, 1.54) is 17.8 Å². The number of terminal acetylenes is 1. The Morgan fingerprint density at radius 3 is 2.41 bits per heavy atom. The topological polar surface area (TPSA) is 135 Å². The molecule has 0 radical (unpaired) electrons. The van der Waals surface area contributed by atoms with Gasteiger partial charge in [0.2, 0.25) is 0 Å². The molecule has 1 unspecified atom stereocenters. The van der Waals surface area contributed by atoms with E-state index < -0.39 is 39.9 Å². The number of H-pyrrole nitrogens is 1. The molecule has 1 aliphatic heterocycles. The molecule has 268 valence electrons. The third-order valence-electron chi connectivity index (χ3n) is 8.53. The number of ether oxygens (including phenoxy) is 3. The number of phenolic OH excluding ortho intramolecular Hbond substituents is 1. The smallest absolute Gasteiger partial charge is 0.330 e. The number of nitrogens with one attached hydrogen (secondary N) is 1. The molecule has 1 aliphatic rings. The van der Waals surface area contributed by atoms with Crippen molar-refractivity contribution in [1.29, 1.82) is 0 Å². The van der Waals surface area contributed by atoms with Crippen LogP contribution in [0.3, 0.4) is 0 Å². The molecule has 13 heteroatoms. The highest BCUT2D eigenvalue weighted by Crippen LogP contribution is 2.36. The lowest BCUT2D eigenvalue weighted by atomic mass is 9.88. The van der Waals surface area contributed by atoms with Gasteiger partial charge in [-0.3, -0.25) is 14.3 Å². The Balaban J connectivity index is 1.29. The van der Waals surface area contributed by atoms with E-state index in [9.17, 15) is 18.9 Å². The number of phenols is 1. The zero-order valence-electron chi connectivity index (χ0n) is 28.7. The summed E-state index contributed by atoms with van der Waals surface area (Å²) in [5, 5.41) is 9.91. The number of benzene rings is 3. The lowest BCUT2D eigenvalue weighted by molar-refractivity contribution is -0.0404. The molecule has 0 bridgehead atoms. The van der Waals surface area contributed by atoms with Gasteiger partial charge in [-0.05, 0) is 65.4 Å². The first-order chi connectivity index (χ1) is 24.5. The van der Waals surface area contributed by atoms with Crippen LogP contribution in [0.2, 0.25) is 0 Å². The molecule has 2 heterocycles. The number of aryl methyl sites for hydroxylation is 1. The molecule has 11 nitrogen and oxygen atoms in total.